The molecule has 0 saturated heterocycles. The summed E-state index contributed by atoms with van der Waals surface area (Å²) in [4.78, 5) is 17.0. The second-order valence-electron chi connectivity index (χ2n) is 6.59. The molecular formula is C21H18N4O4S. The Hall–Kier alpha value is -3.59. The zero-order valence-corrected chi connectivity index (χ0v) is 16.9. The van der Waals surface area contributed by atoms with E-state index in [9.17, 15) is 4.79 Å². The molecule has 5 rings (SSSR count). The van der Waals surface area contributed by atoms with Gasteiger partial charge in [0.2, 0.25) is 11.6 Å². The highest BCUT2D eigenvalue weighted by molar-refractivity contribution is 7.07. The number of aromatic nitrogens is 1. The molecule has 152 valence electrons. The standard InChI is InChI=1S/C21H18N4O4S/c1-2-22-21-25(23-9-13-3-5-18-19(7-13)29-12-28-18)16(11-30-21)14-4-6-17-15(8-14)24-20(26)10-27-17/h3-9,11H,2,10,12H2,1H3,(H,24,26). The van der Waals surface area contributed by atoms with Crippen LogP contribution in [0.5, 0.6) is 17.2 Å². The van der Waals surface area contributed by atoms with Gasteiger partial charge >= 0.3 is 0 Å². The minimum Gasteiger partial charge on any atom is -0.482 e. The number of fused-ring (bicyclic) bond motifs is 2. The average molecular weight is 422 g/mol. The molecule has 9 heteroatoms. The van der Waals surface area contributed by atoms with Crippen LogP contribution in [0.1, 0.15) is 12.5 Å². The van der Waals surface area contributed by atoms with Crippen molar-refractivity contribution in [2.75, 3.05) is 25.3 Å². The van der Waals surface area contributed by atoms with Crippen molar-refractivity contribution < 1.29 is 19.0 Å². The van der Waals surface area contributed by atoms with E-state index in [1.807, 2.05) is 48.7 Å². The lowest BCUT2D eigenvalue weighted by molar-refractivity contribution is -0.118. The normalized spacial score (nSPS) is 15.2. The molecule has 2 aliphatic heterocycles. The molecule has 1 aromatic heterocycles. The maximum Gasteiger partial charge on any atom is 0.262 e. The third kappa shape index (κ3) is 3.43. The topological polar surface area (TPSA) is 86.4 Å². The second kappa shape index (κ2) is 7.68. The summed E-state index contributed by atoms with van der Waals surface area (Å²) in [5.74, 6) is 1.93. The number of thiazole rings is 1. The highest BCUT2D eigenvalue weighted by Gasteiger charge is 2.18. The highest BCUT2D eigenvalue weighted by Crippen LogP contribution is 2.33. The van der Waals surface area contributed by atoms with Crippen molar-refractivity contribution in [3.05, 3.63) is 52.1 Å². The molecule has 0 atom stereocenters. The molecule has 0 bridgehead atoms. The Labute approximate surface area is 176 Å². The van der Waals surface area contributed by atoms with Crippen molar-refractivity contribution in [3.63, 3.8) is 0 Å². The number of anilines is 1. The molecule has 2 aromatic carbocycles. The van der Waals surface area contributed by atoms with Crippen molar-refractivity contribution in [3.8, 4) is 28.5 Å². The van der Waals surface area contributed by atoms with Crippen molar-refractivity contribution in [2.45, 2.75) is 6.92 Å². The smallest absolute Gasteiger partial charge is 0.262 e. The molecule has 8 nitrogen and oxygen atoms in total. The van der Waals surface area contributed by atoms with Crippen molar-refractivity contribution in [1.82, 2.24) is 4.68 Å². The maximum atomic E-state index is 11.7. The van der Waals surface area contributed by atoms with Crippen LogP contribution >= 0.6 is 11.3 Å². The third-order valence-electron chi connectivity index (χ3n) is 4.61. The van der Waals surface area contributed by atoms with E-state index >= 15 is 0 Å². The Morgan fingerprint density at radius 1 is 1.13 bits per heavy atom. The number of rotatable bonds is 4. The quantitative estimate of drug-likeness (QED) is 0.655. The first kappa shape index (κ1) is 18.4. The van der Waals surface area contributed by atoms with E-state index in [0.29, 0.717) is 23.7 Å². The van der Waals surface area contributed by atoms with Gasteiger partial charge in [0.25, 0.3) is 5.91 Å². The lowest BCUT2D eigenvalue weighted by Gasteiger charge is -2.18. The average Bonchev–Trinajstić information content (AvgIpc) is 3.38. The summed E-state index contributed by atoms with van der Waals surface area (Å²) in [7, 11) is 0. The fourth-order valence-corrected chi connectivity index (χ4v) is 4.12. The van der Waals surface area contributed by atoms with Gasteiger partial charge in [0.15, 0.2) is 18.1 Å². The molecule has 30 heavy (non-hydrogen) atoms. The van der Waals surface area contributed by atoms with Crippen LogP contribution < -0.4 is 24.3 Å². The van der Waals surface area contributed by atoms with Gasteiger partial charge in [-0.3, -0.25) is 9.79 Å². The molecule has 0 unspecified atom stereocenters. The van der Waals surface area contributed by atoms with Gasteiger partial charge in [-0.05, 0) is 48.9 Å². The monoisotopic (exact) mass is 422 g/mol. The van der Waals surface area contributed by atoms with Gasteiger partial charge in [0, 0.05) is 17.5 Å². The summed E-state index contributed by atoms with van der Waals surface area (Å²) in [6.45, 7) is 2.90. The van der Waals surface area contributed by atoms with Crippen LogP contribution in [0.2, 0.25) is 0 Å². The van der Waals surface area contributed by atoms with Crippen LogP contribution in [-0.2, 0) is 4.79 Å². The van der Waals surface area contributed by atoms with Crippen LogP contribution in [-0.4, -0.2) is 36.7 Å². The molecule has 2 aliphatic rings. The number of amides is 1. The molecule has 1 N–H and O–H groups in total. The Kier molecular flexibility index (Phi) is 4.72. The fraction of sp³-hybridized carbons (Fsp3) is 0.190. The van der Waals surface area contributed by atoms with Gasteiger partial charge < -0.3 is 19.5 Å². The highest BCUT2D eigenvalue weighted by atomic mass is 32.1. The van der Waals surface area contributed by atoms with Gasteiger partial charge in [0.1, 0.15) is 5.75 Å². The number of carbonyl (C=O) groups excluding carboxylic acids is 1. The molecular weight excluding hydrogens is 404 g/mol. The summed E-state index contributed by atoms with van der Waals surface area (Å²) < 4.78 is 18.1. The summed E-state index contributed by atoms with van der Waals surface area (Å²) >= 11 is 1.51. The van der Waals surface area contributed by atoms with E-state index in [1.54, 1.807) is 10.9 Å². The van der Waals surface area contributed by atoms with E-state index in [1.165, 1.54) is 11.3 Å². The summed E-state index contributed by atoms with van der Waals surface area (Å²) in [5, 5.41) is 9.52. The predicted molar refractivity (Wildman–Crippen MR) is 114 cm³/mol. The number of nitrogens with zero attached hydrogens (tertiary/aromatic N) is 3. The van der Waals surface area contributed by atoms with Crippen molar-refractivity contribution >= 4 is 29.1 Å². The molecule has 0 spiro atoms. The minimum atomic E-state index is -0.166. The largest absolute Gasteiger partial charge is 0.482 e. The molecule has 0 aliphatic carbocycles. The Balaban J connectivity index is 1.54. The second-order valence-corrected chi connectivity index (χ2v) is 7.43. The first-order chi connectivity index (χ1) is 14.7. The van der Waals surface area contributed by atoms with E-state index in [-0.39, 0.29) is 19.3 Å². The van der Waals surface area contributed by atoms with Crippen molar-refractivity contribution in [1.29, 1.82) is 0 Å². The summed E-state index contributed by atoms with van der Waals surface area (Å²) in [6.07, 6.45) is 1.76. The Bertz CT molecular complexity index is 1230. The fourth-order valence-electron chi connectivity index (χ4n) is 3.21. The summed E-state index contributed by atoms with van der Waals surface area (Å²) in [6, 6.07) is 11.4. The number of carbonyl (C=O) groups is 1. The van der Waals surface area contributed by atoms with E-state index < -0.39 is 0 Å². The number of hydrogen-bond acceptors (Lipinski definition) is 7. The van der Waals surface area contributed by atoms with Gasteiger partial charge in [-0.15, -0.1) is 11.3 Å². The first-order valence-corrected chi connectivity index (χ1v) is 10.3. The number of benzene rings is 2. The molecule has 0 fully saturated rings. The lowest BCUT2D eigenvalue weighted by Crippen LogP contribution is -2.25. The van der Waals surface area contributed by atoms with Crippen LogP contribution in [0.25, 0.3) is 11.3 Å². The molecule has 0 radical (unpaired) electrons. The first-order valence-electron chi connectivity index (χ1n) is 9.43. The molecule has 1 amide bonds. The van der Waals surface area contributed by atoms with Crippen LogP contribution in [0.4, 0.5) is 5.69 Å². The zero-order valence-electron chi connectivity index (χ0n) is 16.1. The van der Waals surface area contributed by atoms with E-state index in [2.05, 4.69) is 15.4 Å². The van der Waals surface area contributed by atoms with Crippen LogP contribution in [0.3, 0.4) is 0 Å². The number of ether oxygens (including phenoxy) is 3. The predicted octanol–water partition coefficient (Wildman–Crippen LogP) is 3.08. The van der Waals surface area contributed by atoms with Crippen LogP contribution in [0, 0.1) is 0 Å². The number of nitrogens with one attached hydrogen (secondary N) is 1. The van der Waals surface area contributed by atoms with E-state index in [0.717, 1.165) is 27.4 Å². The Morgan fingerprint density at radius 2 is 2.00 bits per heavy atom. The van der Waals surface area contributed by atoms with E-state index in [4.69, 9.17) is 14.2 Å². The minimum absolute atomic E-state index is 0.0319. The van der Waals surface area contributed by atoms with Gasteiger partial charge in [-0.25, -0.2) is 4.68 Å². The number of hydrogen-bond donors (Lipinski definition) is 1. The molecule has 0 saturated carbocycles. The maximum absolute atomic E-state index is 11.7. The lowest BCUT2D eigenvalue weighted by atomic mass is 10.1. The van der Waals surface area contributed by atoms with Crippen molar-refractivity contribution in [2.24, 2.45) is 10.1 Å². The molecule has 3 aromatic rings. The Morgan fingerprint density at radius 3 is 2.90 bits per heavy atom. The SMILES string of the molecule is CCN=c1scc(-c2ccc3c(c2)NC(=O)CO3)n1N=Cc1ccc2c(c1)OCO2. The van der Waals surface area contributed by atoms with Gasteiger partial charge in [-0.1, -0.05) is 0 Å². The summed E-state index contributed by atoms with van der Waals surface area (Å²) in [5.41, 5.74) is 3.30. The van der Waals surface area contributed by atoms with Gasteiger partial charge in [-0.2, -0.15) is 5.10 Å². The third-order valence-corrected chi connectivity index (χ3v) is 5.46. The zero-order chi connectivity index (χ0) is 20.5. The van der Waals surface area contributed by atoms with Gasteiger partial charge in [0.05, 0.1) is 17.6 Å². The van der Waals surface area contributed by atoms with Crippen LogP contribution in [0.15, 0.2) is 51.9 Å². The molecule has 3 heterocycles.